The van der Waals surface area contributed by atoms with Crippen LogP contribution in [-0.4, -0.2) is 63.4 Å². The number of carbonyl (C=O) groups is 1. The van der Waals surface area contributed by atoms with Crippen molar-refractivity contribution < 1.29 is 9.53 Å². The first-order valence-electron chi connectivity index (χ1n) is 10.7. The van der Waals surface area contributed by atoms with Crippen molar-refractivity contribution in [3.63, 3.8) is 0 Å². The van der Waals surface area contributed by atoms with Crippen LogP contribution in [0.25, 0.3) is 0 Å². The van der Waals surface area contributed by atoms with Crippen LogP contribution >= 0.6 is 24.0 Å². The van der Waals surface area contributed by atoms with Crippen molar-refractivity contribution in [2.45, 2.75) is 53.3 Å². The molecule has 1 saturated heterocycles. The Balaban J connectivity index is 0.00000363. The molecule has 9 heteroatoms. The summed E-state index contributed by atoms with van der Waals surface area (Å²) in [4.78, 5) is 20.6. The molecular formula is C23H35IN6O2. The number of hydrogen-bond acceptors (Lipinski definition) is 4. The van der Waals surface area contributed by atoms with Gasteiger partial charge in [0.1, 0.15) is 5.60 Å². The maximum atomic E-state index is 12.2. The van der Waals surface area contributed by atoms with Gasteiger partial charge in [0.2, 0.25) is 0 Å². The fourth-order valence-corrected chi connectivity index (χ4v) is 3.58. The van der Waals surface area contributed by atoms with Crippen LogP contribution in [0.5, 0.6) is 0 Å². The van der Waals surface area contributed by atoms with Crippen molar-refractivity contribution in [3.05, 3.63) is 52.8 Å². The summed E-state index contributed by atoms with van der Waals surface area (Å²) in [6.07, 6.45) is -0.278. The molecule has 2 heterocycles. The lowest BCUT2D eigenvalue weighted by Gasteiger charge is -2.36. The van der Waals surface area contributed by atoms with Crippen LogP contribution in [0, 0.1) is 13.8 Å². The van der Waals surface area contributed by atoms with Crippen LogP contribution in [0.1, 0.15) is 43.3 Å². The minimum atomic E-state index is -0.491. The molecule has 32 heavy (non-hydrogen) atoms. The van der Waals surface area contributed by atoms with Crippen LogP contribution in [0.2, 0.25) is 0 Å². The van der Waals surface area contributed by atoms with Gasteiger partial charge >= 0.3 is 6.09 Å². The van der Waals surface area contributed by atoms with Crippen molar-refractivity contribution >= 4 is 36.0 Å². The first-order valence-corrected chi connectivity index (χ1v) is 10.7. The molecule has 0 saturated carbocycles. The van der Waals surface area contributed by atoms with Gasteiger partial charge in [0.25, 0.3) is 0 Å². The molecule has 8 nitrogen and oxygen atoms in total. The number of nitrogens with zero attached hydrogens (tertiary/aromatic N) is 5. The smallest absolute Gasteiger partial charge is 0.410 e. The van der Waals surface area contributed by atoms with E-state index in [2.05, 4.69) is 29.1 Å². The third kappa shape index (κ3) is 6.85. The number of aryl methyl sites for hydroxylation is 1. The quantitative estimate of drug-likeness (QED) is 0.355. The number of carbonyl (C=O) groups excluding carboxylic acids is 1. The maximum absolute atomic E-state index is 12.2. The summed E-state index contributed by atoms with van der Waals surface area (Å²) < 4.78 is 7.47. The summed E-state index contributed by atoms with van der Waals surface area (Å²) in [6.45, 7) is 13.3. The lowest BCUT2D eigenvalue weighted by atomic mass is 10.2. The molecule has 0 unspecified atom stereocenters. The molecule has 1 amide bonds. The van der Waals surface area contributed by atoms with Gasteiger partial charge in [-0.1, -0.05) is 30.3 Å². The molecule has 2 aromatic rings. The predicted molar refractivity (Wildman–Crippen MR) is 137 cm³/mol. The Morgan fingerprint density at radius 2 is 1.69 bits per heavy atom. The predicted octanol–water partition coefficient (Wildman–Crippen LogP) is 3.53. The first-order chi connectivity index (χ1) is 14.6. The molecule has 1 aromatic heterocycles. The van der Waals surface area contributed by atoms with Gasteiger partial charge in [-0.3, -0.25) is 4.68 Å². The Morgan fingerprint density at radius 3 is 2.28 bits per heavy atom. The summed E-state index contributed by atoms with van der Waals surface area (Å²) in [5.74, 6) is 0.499. The van der Waals surface area contributed by atoms with E-state index in [-0.39, 0.29) is 30.1 Å². The van der Waals surface area contributed by atoms with Gasteiger partial charge in [0, 0.05) is 37.4 Å². The summed E-state index contributed by atoms with van der Waals surface area (Å²) in [6, 6.07) is 10.3. The lowest BCUT2D eigenvalue weighted by molar-refractivity contribution is 0.0186. The molecule has 1 aliphatic rings. The van der Waals surface area contributed by atoms with Crippen molar-refractivity contribution in [1.29, 1.82) is 0 Å². The lowest BCUT2D eigenvalue weighted by Crippen LogP contribution is -2.53. The molecule has 0 spiro atoms. The molecule has 1 aliphatic heterocycles. The number of amides is 1. The maximum Gasteiger partial charge on any atom is 0.410 e. The molecule has 2 N–H and O–H groups in total. The van der Waals surface area contributed by atoms with Gasteiger partial charge in [-0.15, -0.1) is 24.0 Å². The Kier molecular flexibility index (Phi) is 8.94. The van der Waals surface area contributed by atoms with E-state index in [9.17, 15) is 4.79 Å². The number of rotatable bonds is 4. The van der Waals surface area contributed by atoms with E-state index in [4.69, 9.17) is 10.5 Å². The molecule has 3 rings (SSSR count). The van der Waals surface area contributed by atoms with E-state index in [1.807, 2.05) is 55.5 Å². The molecule has 1 fully saturated rings. The molecule has 1 aromatic carbocycles. The summed E-state index contributed by atoms with van der Waals surface area (Å²) in [5, 5.41) is 4.69. The Hall–Kier alpha value is -2.30. The number of halogens is 1. The number of guanidine groups is 1. The summed E-state index contributed by atoms with van der Waals surface area (Å²) in [5.41, 5.74) is 10.2. The van der Waals surface area contributed by atoms with E-state index in [0.717, 1.165) is 23.5 Å². The Morgan fingerprint density at radius 1 is 1.09 bits per heavy atom. The second-order valence-electron chi connectivity index (χ2n) is 8.92. The molecule has 0 bridgehead atoms. The van der Waals surface area contributed by atoms with Crippen LogP contribution < -0.4 is 5.73 Å². The number of nitrogens with two attached hydrogens (primary N) is 1. The molecule has 176 valence electrons. The van der Waals surface area contributed by atoms with Gasteiger partial charge in [0.05, 0.1) is 18.8 Å². The molecule has 0 atom stereocenters. The van der Waals surface area contributed by atoms with E-state index in [1.54, 1.807) is 4.90 Å². The topological polar surface area (TPSA) is 89.0 Å². The van der Waals surface area contributed by atoms with Crippen LogP contribution in [0.15, 0.2) is 35.3 Å². The van der Waals surface area contributed by atoms with E-state index < -0.39 is 5.60 Å². The minimum absolute atomic E-state index is 0. The van der Waals surface area contributed by atoms with Crippen molar-refractivity contribution in [2.75, 3.05) is 26.2 Å². The van der Waals surface area contributed by atoms with Crippen LogP contribution in [0.4, 0.5) is 4.79 Å². The van der Waals surface area contributed by atoms with Gasteiger partial charge in [-0.25, -0.2) is 9.79 Å². The van der Waals surface area contributed by atoms with Gasteiger partial charge in [-0.05, 0) is 40.2 Å². The number of aliphatic imine (C=N–C) groups is 1. The molecule has 0 aliphatic carbocycles. The van der Waals surface area contributed by atoms with E-state index >= 15 is 0 Å². The van der Waals surface area contributed by atoms with Crippen molar-refractivity contribution in [3.8, 4) is 0 Å². The normalized spacial score (nSPS) is 14.8. The van der Waals surface area contributed by atoms with Crippen molar-refractivity contribution in [2.24, 2.45) is 10.7 Å². The molecular weight excluding hydrogens is 519 g/mol. The minimum Gasteiger partial charge on any atom is -0.444 e. The average molecular weight is 554 g/mol. The number of benzene rings is 1. The zero-order chi connectivity index (χ0) is 22.6. The second kappa shape index (κ2) is 11.0. The standard InChI is InChI=1S/C23H34N6O2.HI/c1-17-20(18(2)29(26-17)16-19-9-7-6-8-10-19)15-25-21(24)27-11-13-28(14-12-27)22(30)31-23(3,4)5;/h6-10H,11-16H2,1-5H3,(H2,24,25);1H. The number of piperazine rings is 1. The zero-order valence-electron chi connectivity index (χ0n) is 19.7. The van der Waals surface area contributed by atoms with Crippen LogP contribution in [0.3, 0.4) is 0 Å². The van der Waals surface area contributed by atoms with Gasteiger partial charge < -0.3 is 20.3 Å². The largest absolute Gasteiger partial charge is 0.444 e. The highest BCUT2D eigenvalue weighted by atomic mass is 127. The Bertz CT molecular complexity index is 928. The fourth-order valence-electron chi connectivity index (χ4n) is 3.58. The summed E-state index contributed by atoms with van der Waals surface area (Å²) in [7, 11) is 0. The van der Waals surface area contributed by atoms with Gasteiger partial charge in [-0.2, -0.15) is 5.10 Å². The van der Waals surface area contributed by atoms with E-state index in [0.29, 0.717) is 38.7 Å². The fraction of sp³-hybridized carbons (Fsp3) is 0.522. The number of ether oxygens (including phenoxy) is 1. The monoisotopic (exact) mass is 554 g/mol. The van der Waals surface area contributed by atoms with Crippen LogP contribution in [-0.2, 0) is 17.8 Å². The van der Waals surface area contributed by atoms with E-state index in [1.165, 1.54) is 5.56 Å². The summed E-state index contributed by atoms with van der Waals surface area (Å²) >= 11 is 0. The number of aromatic nitrogens is 2. The average Bonchev–Trinajstić information content (AvgIpc) is 2.98. The zero-order valence-corrected chi connectivity index (χ0v) is 22.0. The third-order valence-corrected chi connectivity index (χ3v) is 5.36. The Labute approximate surface area is 207 Å². The highest BCUT2D eigenvalue weighted by Gasteiger charge is 2.26. The van der Waals surface area contributed by atoms with Crippen molar-refractivity contribution in [1.82, 2.24) is 19.6 Å². The highest BCUT2D eigenvalue weighted by Crippen LogP contribution is 2.17. The third-order valence-electron chi connectivity index (χ3n) is 5.36. The second-order valence-corrected chi connectivity index (χ2v) is 8.92. The molecule has 0 radical (unpaired) electrons. The SMILES string of the molecule is Cc1nn(Cc2ccccc2)c(C)c1CN=C(N)N1CCN(C(=O)OC(C)(C)C)CC1.I. The first kappa shape index (κ1) is 26.0. The van der Waals surface area contributed by atoms with Gasteiger partial charge in [0.15, 0.2) is 5.96 Å². The highest BCUT2D eigenvalue weighted by molar-refractivity contribution is 14.0. The number of hydrogen-bond donors (Lipinski definition) is 1.